The van der Waals surface area contributed by atoms with E-state index in [9.17, 15) is 4.79 Å². The van der Waals surface area contributed by atoms with Crippen molar-refractivity contribution >= 4 is 49.5 Å². The van der Waals surface area contributed by atoms with Gasteiger partial charge in [0.05, 0.1) is 6.20 Å². The SMILES string of the molecule is O=C(O)Nc1nc2c(Br)nc(Br)cn2n1. The van der Waals surface area contributed by atoms with Gasteiger partial charge in [0.2, 0.25) is 0 Å². The summed E-state index contributed by atoms with van der Waals surface area (Å²) in [7, 11) is 0. The van der Waals surface area contributed by atoms with Gasteiger partial charge in [-0.2, -0.15) is 4.98 Å². The van der Waals surface area contributed by atoms with Crippen LogP contribution in [0.25, 0.3) is 5.65 Å². The second kappa shape index (κ2) is 3.74. The molecule has 0 fully saturated rings. The summed E-state index contributed by atoms with van der Waals surface area (Å²) in [6.07, 6.45) is 0.356. The topological polar surface area (TPSA) is 92.4 Å². The fourth-order valence-electron chi connectivity index (χ4n) is 0.976. The summed E-state index contributed by atoms with van der Waals surface area (Å²) in [4.78, 5) is 18.3. The number of fused-ring (bicyclic) bond motifs is 1. The minimum atomic E-state index is -1.21. The van der Waals surface area contributed by atoms with E-state index in [2.05, 4.69) is 52.2 Å². The summed E-state index contributed by atoms with van der Waals surface area (Å²) in [5.41, 5.74) is 0.432. The second-order valence-electron chi connectivity index (χ2n) is 2.49. The highest BCUT2D eigenvalue weighted by Crippen LogP contribution is 2.18. The molecule has 2 N–H and O–H groups in total. The maximum atomic E-state index is 10.4. The number of aromatic nitrogens is 4. The van der Waals surface area contributed by atoms with Crippen molar-refractivity contribution in [3.63, 3.8) is 0 Å². The van der Waals surface area contributed by atoms with E-state index in [1.54, 1.807) is 6.20 Å². The summed E-state index contributed by atoms with van der Waals surface area (Å²) in [6.45, 7) is 0. The molecule has 2 heterocycles. The maximum Gasteiger partial charge on any atom is 0.411 e. The van der Waals surface area contributed by atoms with Crippen LogP contribution >= 0.6 is 31.9 Å². The highest BCUT2D eigenvalue weighted by Gasteiger charge is 2.10. The number of hydrogen-bond donors (Lipinski definition) is 2. The number of rotatable bonds is 1. The standard InChI is InChI=1S/C6H3Br2N5O2/c7-2-1-13-4(3(8)9-2)10-5(12-13)11-6(14)15/h1H,(H,11,12)(H,14,15). The Labute approximate surface area is 99.8 Å². The third kappa shape index (κ3) is 2.07. The fraction of sp³-hybridized carbons (Fsp3) is 0. The number of carboxylic acid groups (broad SMARTS) is 1. The van der Waals surface area contributed by atoms with Gasteiger partial charge in [-0.1, -0.05) is 0 Å². The Hall–Kier alpha value is -1.22. The van der Waals surface area contributed by atoms with Crippen LogP contribution in [-0.2, 0) is 0 Å². The molecule has 1 amide bonds. The van der Waals surface area contributed by atoms with Crippen molar-refractivity contribution in [1.29, 1.82) is 0 Å². The molecule has 0 radical (unpaired) electrons. The molecule has 0 aliphatic carbocycles. The summed E-state index contributed by atoms with van der Waals surface area (Å²) in [6, 6.07) is 0. The van der Waals surface area contributed by atoms with Gasteiger partial charge in [0.15, 0.2) is 10.3 Å². The lowest BCUT2D eigenvalue weighted by atomic mass is 10.7. The molecule has 7 nitrogen and oxygen atoms in total. The largest absolute Gasteiger partial charge is 0.465 e. The van der Waals surface area contributed by atoms with Gasteiger partial charge in [0, 0.05) is 0 Å². The van der Waals surface area contributed by atoms with Crippen molar-refractivity contribution in [1.82, 2.24) is 19.6 Å². The summed E-state index contributed by atoms with van der Waals surface area (Å²) in [5, 5.41) is 14.4. The Balaban J connectivity index is 2.55. The molecule has 15 heavy (non-hydrogen) atoms. The maximum absolute atomic E-state index is 10.4. The van der Waals surface area contributed by atoms with E-state index in [1.165, 1.54) is 4.52 Å². The van der Waals surface area contributed by atoms with Gasteiger partial charge in [0.25, 0.3) is 5.95 Å². The molecular weight excluding hydrogens is 334 g/mol. The lowest BCUT2D eigenvalue weighted by Gasteiger charge is -1.93. The number of anilines is 1. The summed E-state index contributed by atoms with van der Waals surface area (Å²) >= 11 is 6.36. The lowest BCUT2D eigenvalue weighted by molar-refractivity contribution is 0.209. The number of amides is 1. The third-order valence-corrected chi connectivity index (χ3v) is 2.38. The van der Waals surface area contributed by atoms with Crippen LogP contribution in [0.3, 0.4) is 0 Å². The first-order valence-electron chi connectivity index (χ1n) is 3.64. The van der Waals surface area contributed by atoms with Crippen molar-refractivity contribution < 1.29 is 9.90 Å². The first-order valence-corrected chi connectivity index (χ1v) is 5.23. The number of carbonyl (C=O) groups is 1. The quantitative estimate of drug-likeness (QED) is 0.827. The van der Waals surface area contributed by atoms with Gasteiger partial charge < -0.3 is 5.11 Å². The number of halogens is 2. The molecule has 0 aromatic carbocycles. The zero-order chi connectivity index (χ0) is 11.0. The van der Waals surface area contributed by atoms with Crippen LogP contribution in [-0.4, -0.2) is 30.8 Å². The number of nitrogens with zero attached hydrogens (tertiary/aromatic N) is 4. The van der Waals surface area contributed by atoms with E-state index >= 15 is 0 Å². The highest BCUT2D eigenvalue weighted by atomic mass is 79.9. The van der Waals surface area contributed by atoms with Gasteiger partial charge in [-0.15, -0.1) is 5.10 Å². The Bertz CT molecular complexity index is 540. The molecule has 0 saturated carbocycles. The molecule has 9 heteroatoms. The second-order valence-corrected chi connectivity index (χ2v) is 4.05. The van der Waals surface area contributed by atoms with Crippen molar-refractivity contribution in [2.24, 2.45) is 0 Å². The Kier molecular flexibility index (Phi) is 2.57. The van der Waals surface area contributed by atoms with Crippen LogP contribution in [0.15, 0.2) is 15.4 Å². The monoisotopic (exact) mass is 335 g/mol. The van der Waals surface area contributed by atoms with Gasteiger partial charge in [0.1, 0.15) is 4.60 Å². The van der Waals surface area contributed by atoms with Crippen LogP contribution in [0, 0.1) is 0 Å². The minimum absolute atomic E-state index is 0.00287. The zero-order valence-corrected chi connectivity index (χ0v) is 10.1. The Morgan fingerprint density at radius 2 is 2.20 bits per heavy atom. The number of hydrogen-bond acceptors (Lipinski definition) is 4. The fourth-order valence-corrected chi connectivity index (χ4v) is 2.05. The Morgan fingerprint density at radius 1 is 1.47 bits per heavy atom. The van der Waals surface area contributed by atoms with E-state index in [-0.39, 0.29) is 5.95 Å². The van der Waals surface area contributed by atoms with Crippen molar-refractivity contribution in [3.05, 3.63) is 15.4 Å². The molecular formula is C6H3Br2N5O2. The van der Waals surface area contributed by atoms with Gasteiger partial charge >= 0.3 is 6.09 Å². The van der Waals surface area contributed by atoms with Crippen LogP contribution in [0.2, 0.25) is 0 Å². The smallest absolute Gasteiger partial charge is 0.411 e. The third-order valence-electron chi connectivity index (χ3n) is 1.47. The molecule has 0 spiro atoms. The van der Waals surface area contributed by atoms with Crippen molar-refractivity contribution in [2.45, 2.75) is 0 Å². The molecule has 0 unspecified atom stereocenters. The van der Waals surface area contributed by atoms with Gasteiger partial charge in [-0.05, 0) is 31.9 Å². The molecule has 0 bridgehead atoms. The predicted octanol–water partition coefficient (Wildman–Crippen LogP) is 1.74. The van der Waals surface area contributed by atoms with E-state index in [0.29, 0.717) is 14.9 Å². The first-order chi connectivity index (χ1) is 7.06. The summed E-state index contributed by atoms with van der Waals surface area (Å²) < 4.78 is 2.45. The molecule has 78 valence electrons. The normalized spacial score (nSPS) is 10.5. The van der Waals surface area contributed by atoms with Crippen LogP contribution < -0.4 is 5.32 Å². The lowest BCUT2D eigenvalue weighted by Crippen LogP contribution is -2.08. The number of nitrogens with one attached hydrogen (secondary N) is 1. The molecule has 0 aliphatic rings. The predicted molar refractivity (Wildman–Crippen MR) is 57.8 cm³/mol. The molecule has 2 aromatic heterocycles. The zero-order valence-electron chi connectivity index (χ0n) is 6.98. The van der Waals surface area contributed by atoms with Crippen LogP contribution in [0.5, 0.6) is 0 Å². The van der Waals surface area contributed by atoms with Crippen LogP contribution in [0.1, 0.15) is 0 Å². The summed E-state index contributed by atoms with van der Waals surface area (Å²) in [5.74, 6) is 0.00287. The molecule has 0 aliphatic heterocycles. The molecule has 2 aromatic rings. The average Bonchev–Trinajstić information content (AvgIpc) is 2.45. The average molecular weight is 337 g/mol. The Morgan fingerprint density at radius 3 is 2.87 bits per heavy atom. The van der Waals surface area contributed by atoms with Crippen LogP contribution in [0.4, 0.5) is 10.7 Å². The van der Waals surface area contributed by atoms with Gasteiger partial charge in [-0.3, -0.25) is 5.32 Å². The van der Waals surface area contributed by atoms with Gasteiger partial charge in [-0.25, -0.2) is 14.3 Å². The van der Waals surface area contributed by atoms with E-state index < -0.39 is 6.09 Å². The first kappa shape index (κ1) is 10.3. The molecule has 0 atom stereocenters. The minimum Gasteiger partial charge on any atom is -0.465 e. The van der Waals surface area contributed by atoms with E-state index in [0.717, 1.165) is 0 Å². The molecule has 2 rings (SSSR count). The van der Waals surface area contributed by atoms with Crippen molar-refractivity contribution in [2.75, 3.05) is 5.32 Å². The highest BCUT2D eigenvalue weighted by molar-refractivity contribution is 9.11. The van der Waals surface area contributed by atoms with E-state index in [4.69, 9.17) is 5.11 Å². The van der Waals surface area contributed by atoms with Crippen molar-refractivity contribution in [3.8, 4) is 0 Å². The van der Waals surface area contributed by atoms with E-state index in [1.807, 2.05) is 0 Å². The molecule has 0 saturated heterocycles.